The largest absolute Gasteiger partial charge is 0.337 e. The first-order chi connectivity index (χ1) is 9.02. The highest BCUT2D eigenvalue weighted by atomic mass is 16.2. The smallest absolute Gasteiger partial charge is 0.241 e. The Kier molecular flexibility index (Phi) is 7.11. The zero-order chi connectivity index (χ0) is 16.2. The molecule has 0 aliphatic rings. The second-order valence-corrected chi connectivity index (χ2v) is 6.48. The molecule has 0 saturated heterocycles. The van der Waals surface area contributed by atoms with Gasteiger partial charge in [-0.1, -0.05) is 27.7 Å². The van der Waals surface area contributed by atoms with Crippen molar-refractivity contribution >= 4 is 17.5 Å². The van der Waals surface area contributed by atoms with Gasteiger partial charge in [-0.2, -0.15) is 0 Å². The van der Waals surface area contributed by atoms with Crippen LogP contribution in [0.25, 0.3) is 0 Å². The zero-order valence-electron chi connectivity index (χ0n) is 14.1. The predicted molar refractivity (Wildman–Crippen MR) is 80.3 cm³/mol. The second kappa shape index (κ2) is 7.55. The molecule has 0 aromatic carbocycles. The molecule has 0 aliphatic heterocycles. The molecular weight excluding hydrogens is 254 g/mol. The van der Waals surface area contributed by atoms with Gasteiger partial charge in [0.15, 0.2) is 17.5 Å². The number of hydrogen-bond donors (Lipinski definition) is 0. The van der Waals surface area contributed by atoms with Crippen molar-refractivity contribution in [3.63, 3.8) is 0 Å². The van der Waals surface area contributed by atoms with Crippen molar-refractivity contribution in [1.82, 2.24) is 4.90 Å². The van der Waals surface area contributed by atoms with Gasteiger partial charge >= 0.3 is 0 Å². The van der Waals surface area contributed by atoms with Crippen LogP contribution in [0.5, 0.6) is 0 Å². The molecule has 4 heteroatoms. The van der Waals surface area contributed by atoms with Crippen LogP contribution in [0.4, 0.5) is 0 Å². The number of rotatable bonds is 7. The number of Topliss-reactive ketones (excluding diaryl/α,β-unsaturated/α-hetero) is 2. The Morgan fingerprint density at radius 2 is 0.950 bits per heavy atom. The Morgan fingerprint density at radius 1 is 0.650 bits per heavy atom. The van der Waals surface area contributed by atoms with Crippen molar-refractivity contribution in [2.45, 2.75) is 67.5 Å². The molecule has 0 aromatic heterocycles. The Labute approximate surface area is 122 Å². The number of carbonyl (C=O) groups is 3. The topological polar surface area (TPSA) is 54.5 Å². The standard InChI is InChI=1S/C16H29NO3/c1-9(2)14(18)13(15(19)10(3)4)16(20)17(11(5)6)12(7)8/h9-13H,1-8H3. The van der Waals surface area contributed by atoms with Crippen LogP contribution >= 0.6 is 0 Å². The van der Waals surface area contributed by atoms with Crippen LogP contribution in [0, 0.1) is 17.8 Å². The van der Waals surface area contributed by atoms with Crippen molar-refractivity contribution in [3.8, 4) is 0 Å². The summed E-state index contributed by atoms with van der Waals surface area (Å²) in [6, 6.07) is -0.0742. The Hall–Kier alpha value is -1.19. The van der Waals surface area contributed by atoms with E-state index in [2.05, 4.69) is 0 Å². The molecule has 0 spiro atoms. The predicted octanol–water partition coefficient (Wildman–Crippen LogP) is 2.70. The van der Waals surface area contributed by atoms with Crippen LogP contribution in [-0.4, -0.2) is 34.5 Å². The quantitative estimate of drug-likeness (QED) is 0.675. The molecule has 116 valence electrons. The molecule has 0 aromatic rings. The Bertz CT molecular complexity index is 342. The molecule has 0 heterocycles. The monoisotopic (exact) mass is 283 g/mol. The maximum atomic E-state index is 12.7. The third-order valence-electron chi connectivity index (χ3n) is 3.32. The molecular formula is C16H29NO3. The molecule has 0 aliphatic carbocycles. The van der Waals surface area contributed by atoms with Crippen LogP contribution in [0.3, 0.4) is 0 Å². The van der Waals surface area contributed by atoms with Crippen molar-refractivity contribution in [2.24, 2.45) is 17.8 Å². The lowest BCUT2D eigenvalue weighted by Crippen LogP contribution is -2.50. The first kappa shape index (κ1) is 18.8. The van der Waals surface area contributed by atoms with Gasteiger partial charge in [0.05, 0.1) is 0 Å². The van der Waals surface area contributed by atoms with E-state index in [1.165, 1.54) is 0 Å². The lowest BCUT2D eigenvalue weighted by atomic mass is 9.85. The summed E-state index contributed by atoms with van der Waals surface area (Å²) in [5.74, 6) is -2.71. The minimum Gasteiger partial charge on any atom is -0.337 e. The van der Waals surface area contributed by atoms with E-state index in [1.54, 1.807) is 32.6 Å². The summed E-state index contributed by atoms with van der Waals surface area (Å²) in [4.78, 5) is 39.0. The average Bonchev–Trinajstić information content (AvgIpc) is 2.27. The van der Waals surface area contributed by atoms with Gasteiger partial charge in [0, 0.05) is 23.9 Å². The minimum absolute atomic E-state index is 0.0371. The molecule has 0 atom stereocenters. The molecule has 0 unspecified atom stereocenters. The number of carbonyl (C=O) groups excluding carboxylic acids is 3. The molecule has 0 bridgehead atoms. The molecule has 4 nitrogen and oxygen atoms in total. The van der Waals surface area contributed by atoms with Crippen molar-refractivity contribution in [1.29, 1.82) is 0 Å². The Morgan fingerprint density at radius 3 is 1.15 bits per heavy atom. The van der Waals surface area contributed by atoms with E-state index in [1.807, 2.05) is 27.7 Å². The number of ketones is 2. The van der Waals surface area contributed by atoms with Crippen LogP contribution in [0.1, 0.15) is 55.4 Å². The fourth-order valence-corrected chi connectivity index (χ4v) is 2.30. The minimum atomic E-state index is -1.15. The highest BCUT2D eigenvalue weighted by Gasteiger charge is 2.39. The maximum absolute atomic E-state index is 12.7. The van der Waals surface area contributed by atoms with Gasteiger partial charge in [0.25, 0.3) is 0 Å². The van der Waals surface area contributed by atoms with Crippen LogP contribution in [-0.2, 0) is 14.4 Å². The summed E-state index contributed by atoms with van der Waals surface area (Å²) in [6.45, 7) is 14.5. The zero-order valence-corrected chi connectivity index (χ0v) is 14.1. The van der Waals surface area contributed by atoms with E-state index in [0.717, 1.165) is 0 Å². The molecule has 0 N–H and O–H groups in total. The van der Waals surface area contributed by atoms with E-state index in [-0.39, 0.29) is 41.4 Å². The molecule has 1 amide bonds. The van der Waals surface area contributed by atoms with Crippen molar-refractivity contribution in [2.75, 3.05) is 0 Å². The summed E-state index contributed by atoms with van der Waals surface area (Å²) in [5, 5.41) is 0. The average molecular weight is 283 g/mol. The summed E-state index contributed by atoms with van der Waals surface area (Å²) in [6.07, 6.45) is 0. The maximum Gasteiger partial charge on any atom is 0.241 e. The van der Waals surface area contributed by atoms with Gasteiger partial charge in [0.1, 0.15) is 0 Å². The fraction of sp³-hybridized carbons (Fsp3) is 0.812. The first-order valence-corrected chi connectivity index (χ1v) is 7.41. The van der Waals surface area contributed by atoms with Crippen LogP contribution in [0.2, 0.25) is 0 Å². The molecule has 0 rings (SSSR count). The summed E-state index contributed by atoms with van der Waals surface area (Å²) >= 11 is 0. The van der Waals surface area contributed by atoms with E-state index in [9.17, 15) is 14.4 Å². The highest BCUT2D eigenvalue weighted by molar-refractivity contribution is 6.19. The highest BCUT2D eigenvalue weighted by Crippen LogP contribution is 2.19. The van der Waals surface area contributed by atoms with Gasteiger partial charge in [-0.05, 0) is 27.7 Å². The lowest BCUT2D eigenvalue weighted by molar-refractivity contribution is -0.150. The second-order valence-electron chi connectivity index (χ2n) is 6.48. The van der Waals surface area contributed by atoms with Gasteiger partial charge in [-0.15, -0.1) is 0 Å². The molecule has 0 radical (unpaired) electrons. The normalized spacial score (nSPS) is 11.8. The number of amides is 1. The van der Waals surface area contributed by atoms with Crippen molar-refractivity contribution in [3.05, 3.63) is 0 Å². The Balaban J connectivity index is 5.58. The third kappa shape index (κ3) is 4.43. The van der Waals surface area contributed by atoms with Gasteiger partial charge in [0.2, 0.25) is 5.91 Å². The van der Waals surface area contributed by atoms with E-state index < -0.39 is 5.92 Å². The summed E-state index contributed by atoms with van der Waals surface area (Å²) < 4.78 is 0. The van der Waals surface area contributed by atoms with Crippen LogP contribution < -0.4 is 0 Å². The SMILES string of the molecule is CC(C)C(=O)C(C(=O)C(C)C)C(=O)N(C(C)C)C(C)C. The summed E-state index contributed by atoms with van der Waals surface area (Å²) in [7, 11) is 0. The number of nitrogens with zero attached hydrogens (tertiary/aromatic N) is 1. The van der Waals surface area contributed by atoms with E-state index in [4.69, 9.17) is 0 Å². The lowest BCUT2D eigenvalue weighted by Gasteiger charge is -2.34. The van der Waals surface area contributed by atoms with Gasteiger partial charge in [-0.3, -0.25) is 14.4 Å². The van der Waals surface area contributed by atoms with Gasteiger partial charge < -0.3 is 4.90 Å². The number of hydrogen-bond acceptors (Lipinski definition) is 3. The molecule has 0 saturated carbocycles. The van der Waals surface area contributed by atoms with E-state index >= 15 is 0 Å². The molecule has 0 fully saturated rings. The van der Waals surface area contributed by atoms with E-state index in [0.29, 0.717) is 0 Å². The first-order valence-electron chi connectivity index (χ1n) is 7.41. The summed E-state index contributed by atoms with van der Waals surface area (Å²) in [5.41, 5.74) is 0. The van der Waals surface area contributed by atoms with Crippen LogP contribution in [0.15, 0.2) is 0 Å². The fourth-order valence-electron chi connectivity index (χ4n) is 2.30. The third-order valence-corrected chi connectivity index (χ3v) is 3.32. The van der Waals surface area contributed by atoms with Crippen molar-refractivity contribution < 1.29 is 14.4 Å². The molecule has 20 heavy (non-hydrogen) atoms. The van der Waals surface area contributed by atoms with Gasteiger partial charge in [-0.25, -0.2) is 0 Å².